The molecule has 5 heteroatoms. The Morgan fingerprint density at radius 3 is 2.53 bits per heavy atom. The minimum atomic E-state index is -0.473. The second-order valence-corrected chi connectivity index (χ2v) is 4.73. The third-order valence-corrected chi connectivity index (χ3v) is 3.24. The molecule has 0 aliphatic rings. The molecule has 1 aromatic carbocycles. The highest BCUT2D eigenvalue weighted by Gasteiger charge is 2.12. The summed E-state index contributed by atoms with van der Waals surface area (Å²) in [7, 11) is 0. The molecule has 1 aromatic heterocycles. The predicted molar refractivity (Wildman–Crippen MR) is 75.9 cm³/mol. The molecule has 0 unspecified atom stereocenters. The van der Waals surface area contributed by atoms with E-state index in [9.17, 15) is 9.59 Å². The van der Waals surface area contributed by atoms with E-state index >= 15 is 0 Å². The molecule has 4 nitrogen and oxygen atoms in total. The fourth-order valence-electron chi connectivity index (χ4n) is 1.96. The zero-order valence-electron chi connectivity index (χ0n) is 10.6. The van der Waals surface area contributed by atoms with Crippen molar-refractivity contribution in [2.45, 2.75) is 26.3 Å². The van der Waals surface area contributed by atoms with E-state index in [-0.39, 0.29) is 17.3 Å². The molecule has 0 radical (unpaired) electrons. The maximum Gasteiger partial charge on any atom is 0.329 e. The summed E-state index contributed by atoms with van der Waals surface area (Å²) in [6.07, 6.45) is 1.36. The maximum absolute atomic E-state index is 12.3. The van der Waals surface area contributed by atoms with Crippen LogP contribution in [0.3, 0.4) is 0 Å². The van der Waals surface area contributed by atoms with Crippen LogP contribution in [0.15, 0.2) is 39.9 Å². The van der Waals surface area contributed by atoms with Crippen LogP contribution in [0.2, 0.25) is 5.15 Å². The molecule has 0 saturated heterocycles. The molecular weight excluding hydrogens is 264 g/mol. The third kappa shape index (κ3) is 2.96. The van der Waals surface area contributed by atoms with Crippen LogP contribution in [-0.4, -0.2) is 9.55 Å². The van der Waals surface area contributed by atoms with Gasteiger partial charge in [-0.25, -0.2) is 4.79 Å². The fraction of sp³-hybridized carbons (Fsp3) is 0.286. The average Bonchev–Trinajstić information content (AvgIpc) is 2.41. The minimum Gasteiger partial charge on any atom is -0.297 e. The molecule has 0 atom stereocenters. The summed E-state index contributed by atoms with van der Waals surface area (Å²) in [6, 6.07) is 9.38. The van der Waals surface area contributed by atoms with Gasteiger partial charge in [0.05, 0.1) is 12.1 Å². The lowest BCUT2D eigenvalue weighted by Gasteiger charge is -2.08. The summed E-state index contributed by atoms with van der Waals surface area (Å²) >= 11 is 5.92. The van der Waals surface area contributed by atoms with Crippen LogP contribution in [0.1, 0.15) is 24.5 Å². The SMILES string of the molecule is CCCc1c(Cl)[nH]c(=O)n(Cc2ccccc2)c1=O. The quantitative estimate of drug-likeness (QED) is 0.872. The highest BCUT2D eigenvalue weighted by molar-refractivity contribution is 6.30. The van der Waals surface area contributed by atoms with Crippen LogP contribution in [0, 0.1) is 0 Å². The van der Waals surface area contributed by atoms with Crippen molar-refractivity contribution in [2.24, 2.45) is 0 Å². The van der Waals surface area contributed by atoms with Crippen molar-refractivity contribution in [1.82, 2.24) is 9.55 Å². The van der Waals surface area contributed by atoms with Gasteiger partial charge >= 0.3 is 5.69 Å². The second-order valence-electron chi connectivity index (χ2n) is 4.35. The Labute approximate surface area is 115 Å². The second kappa shape index (κ2) is 5.89. The number of aromatic nitrogens is 2. The molecule has 0 fully saturated rings. The number of benzene rings is 1. The summed E-state index contributed by atoms with van der Waals surface area (Å²) in [6.45, 7) is 2.21. The lowest BCUT2D eigenvalue weighted by molar-refractivity contribution is 0.680. The highest BCUT2D eigenvalue weighted by Crippen LogP contribution is 2.08. The van der Waals surface area contributed by atoms with Gasteiger partial charge in [0.2, 0.25) is 0 Å². The molecule has 2 aromatic rings. The molecule has 2 rings (SSSR count). The van der Waals surface area contributed by atoms with Gasteiger partial charge in [0.25, 0.3) is 5.56 Å². The van der Waals surface area contributed by atoms with E-state index in [2.05, 4.69) is 4.98 Å². The summed E-state index contributed by atoms with van der Waals surface area (Å²) < 4.78 is 1.19. The summed E-state index contributed by atoms with van der Waals surface area (Å²) in [4.78, 5) is 26.6. The number of H-pyrrole nitrogens is 1. The zero-order valence-corrected chi connectivity index (χ0v) is 11.4. The van der Waals surface area contributed by atoms with Crippen LogP contribution < -0.4 is 11.2 Å². The van der Waals surface area contributed by atoms with Gasteiger partial charge in [0, 0.05) is 0 Å². The predicted octanol–water partition coefficient (Wildman–Crippen LogP) is 2.19. The first kappa shape index (κ1) is 13.6. The standard InChI is InChI=1S/C14H15ClN2O2/c1-2-6-11-12(15)16-14(19)17(13(11)18)9-10-7-4-3-5-8-10/h3-5,7-8H,2,6,9H2,1H3,(H,16,19). The van der Waals surface area contributed by atoms with Crippen LogP contribution in [-0.2, 0) is 13.0 Å². The van der Waals surface area contributed by atoms with Crippen LogP contribution >= 0.6 is 11.6 Å². The summed E-state index contributed by atoms with van der Waals surface area (Å²) in [5.74, 6) is 0. The van der Waals surface area contributed by atoms with Crippen LogP contribution in [0.25, 0.3) is 0 Å². The van der Waals surface area contributed by atoms with E-state index < -0.39 is 5.69 Å². The number of nitrogens with one attached hydrogen (secondary N) is 1. The lowest BCUT2D eigenvalue weighted by Crippen LogP contribution is -2.37. The van der Waals surface area contributed by atoms with Crippen LogP contribution in [0.4, 0.5) is 0 Å². The number of halogens is 1. The average molecular weight is 279 g/mol. The number of rotatable bonds is 4. The molecule has 1 heterocycles. The molecule has 0 spiro atoms. The van der Waals surface area contributed by atoms with Crippen molar-refractivity contribution in [2.75, 3.05) is 0 Å². The minimum absolute atomic E-state index is 0.154. The Hall–Kier alpha value is -1.81. The van der Waals surface area contributed by atoms with E-state index in [0.717, 1.165) is 12.0 Å². The third-order valence-electron chi connectivity index (χ3n) is 2.91. The van der Waals surface area contributed by atoms with E-state index in [1.54, 1.807) is 0 Å². The van der Waals surface area contributed by atoms with E-state index in [1.165, 1.54) is 4.57 Å². The molecule has 19 heavy (non-hydrogen) atoms. The normalized spacial score (nSPS) is 10.6. The molecule has 100 valence electrons. The molecule has 0 saturated carbocycles. The first-order chi connectivity index (χ1) is 9.13. The first-order valence-electron chi connectivity index (χ1n) is 6.19. The Morgan fingerprint density at radius 1 is 1.21 bits per heavy atom. The summed E-state index contributed by atoms with van der Waals surface area (Å²) in [5, 5.41) is 0.154. The molecule has 0 aliphatic heterocycles. The van der Waals surface area contributed by atoms with Gasteiger partial charge in [-0.15, -0.1) is 0 Å². The molecule has 0 bridgehead atoms. The Morgan fingerprint density at radius 2 is 1.89 bits per heavy atom. The highest BCUT2D eigenvalue weighted by atomic mass is 35.5. The number of nitrogens with zero attached hydrogens (tertiary/aromatic N) is 1. The van der Waals surface area contributed by atoms with E-state index in [0.29, 0.717) is 12.0 Å². The van der Waals surface area contributed by atoms with Crippen molar-refractivity contribution >= 4 is 11.6 Å². The Balaban J connectivity index is 2.49. The Kier molecular flexibility index (Phi) is 4.22. The largest absolute Gasteiger partial charge is 0.329 e. The van der Waals surface area contributed by atoms with Crippen molar-refractivity contribution in [1.29, 1.82) is 0 Å². The number of hydrogen-bond acceptors (Lipinski definition) is 2. The number of hydrogen-bond donors (Lipinski definition) is 1. The van der Waals surface area contributed by atoms with E-state index in [4.69, 9.17) is 11.6 Å². The van der Waals surface area contributed by atoms with Crippen molar-refractivity contribution in [3.63, 3.8) is 0 Å². The van der Waals surface area contributed by atoms with Gasteiger partial charge in [-0.3, -0.25) is 14.3 Å². The molecule has 1 N–H and O–H groups in total. The first-order valence-corrected chi connectivity index (χ1v) is 6.56. The van der Waals surface area contributed by atoms with Crippen LogP contribution in [0.5, 0.6) is 0 Å². The van der Waals surface area contributed by atoms with Gasteiger partial charge in [-0.05, 0) is 12.0 Å². The van der Waals surface area contributed by atoms with Gasteiger partial charge in [0.15, 0.2) is 0 Å². The van der Waals surface area contributed by atoms with Crippen molar-refractivity contribution < 1.29 is 0 Å². The van der Waals surface area contributed by atoms with Crippen molar-refractivity contribution in [3.8, 4) is 0 Å². The van der Waals surface area contributed by atoms with Gasteiger partial charge in [-0.1, -0.05) is 55.3 Å². The molecule has 0 amide bonds. The fourth-order valence-corrected chi connectivity index (χ4v) is 2.22. The smallest absolute Gasteiger partial charge is 0.297 e. The zero-order chi connectivity index (χ0) is 13.8. The topological polar surface area (TPSA) is 54.9 Å². The van der Waals surface area contributed by atoms with Gasteiger partial charge in [0.1, 0.15) is 5.15 Å². The van der Waals surface area contributed by atoms with Gasteiger partial charge < -0.3 is 0 Å². The molecular formula is C14H15ClN2O2. The number of aromatic amines is 1. The van der Waals surface area contributed by atoms with E-state index in [1.807, 2.05) is 37.3 Å². The maximum atomic E-state index is 12.3. The van der Waals surface area contributed by atoms with Crippen molar-refractivity contribution in [3.05, 3.63) is 67.4 Å². The lowest BCUT2D eigenvalue weighted by atomic mass is 10.2. The summed E-state index contributed by atoms with van der Waals surface area (Å²) in [5.41, 5.74) is 0.595. The Bertz CT molecular complexity index is 674. The monoisotopic (exact) mass is 278 g/mol. The molecule has 0 aliphatic carbocycles. The van der Waals surface area contributed by atoms with Gasteiger partial charge in [-0.2, -0.15) is 0 Å².